The van der Waals surface area contributed by atoms with Gasteiger partial charge in [0, 0.05) is 30.7 Å². The van der Waals surface area contributed by atoms with Gasteiger partial charge in [-0.2, -0.15) is 5.10 Å². The Bertz CT molecular complexity index is 765. The van der Waals surface area contributed by atoms with E-state index in [1.165, 1.54) is 11.1 Å². The summed E-state index contributed by atoms with van der Waals surface area (Å²) < 4.78 is 1.86. The molecule has 0 radical (unpaired) electrons. The van der Waals surface area contributed by atoms with Crippen molar-refractivity contribution in [3.05, 3.63) is 65.9 Å². The maximum Gasteiger partial charge on any atom is 0.133 e. The number of rotatable bonds is 6. The van der Waals surface area contributed by atoms with Crippen molar-refractivity contribution >= 4 is 5.82 Å². The Hall–Kier alpha value is -2.69. The van der Waals surface area contributed by atoms with Gasteiger partial charge >= 0.3 is 0 Å². The molecule has 0 fully saturated rings. The number of nitrogens with one attached hydrogen (secondary N) is 1. The van der Waals surface area contributed by atoms with Gasteiger partial charge in [-0.15, -0.1) is 0 Å². The molecule has 3 aromatic rings. The van der Waals surface area contributed by atoms with Crippen LogP contribution in [0, 0.1) is 6.92 Å². The van der Waals surface area contributed by atoms with Crippen LogP contribution in [0.15, 0.2) is 48.9 Å². The minimum Gasteiger partial charge on any atom is -0.366 e. The molecule has 23 heavy (non-hydrogen) atoms. The SMILES string of the molecule is CCCc1cnc(C)nc1NCc1cccc(-n2cccn2)c1. The van der Waals surface area contributed by atoms with Gasteiger partial charge in [-0.05, 0) is 37.1 Å². The van der Waals surface area contributed by atoms with Crippen LogP contribution in [0.5, 0.6) is 0 Å². The highest BCUT2D eigenvalue weighted by molar-refractivity contribution is 5.44. The first-order valence-corrected chi connectivity index (χ1v) is 7.91. The fourth-order valence-electron chi connectivity index (χ4n) is 2.52. The van der Waals surface area contributed by atoms with Crippen LogP contribution in [0.1, 0.15) is 30.3 Å². The molecule has 2 heterocycles. The molecule has 0 amide bonds. The fourth-order valence-corrected chi connectivity index (χ4v) is 2.52. The summed E-state index contributed by atoms with van der Waals surface area (Å²) in [7, 11) is 0. The number of hydrogen-bond acceptors (Lipinski definition) is 4. The number of anilines is 1. The van der Waals surface area contributed by atoms with E-state index in [4.69, 9.17) is 0 Å². The first kappa shape index (κ1) is 15.2. The van der Waals surface area contributed by atoms with Crippen LogP contribution in [-0.2, 0) is 13.0 Å². The van der Waals surface area contributed by atoms with Gasteiger partial charge in [-0.1, -0.05) is 25.5 Å². The van der Waals surface area contributed by atoms with Gasteiger partial charge in [-0.25, -0.2) is 14.6 Å². The summed E-state index contributed by atoms with van der Waals surface area (Å²) in [6.45, 7) is 4.80. The van der Waals surface area contributed by atoms with Crippen molar-refractivity contribution < 1.29 is 0 Å². The van der Waals surface area contributed by atoms with Gasteiger partial charge in [-0.3, -0.25) is 0 Å². The molecule has 118 valence electrons. The molecule has 0 aliphatic rings. The molecular formula is C18H21N5. The summed E-state index contributed by atoms with van der Waals surface area (Å²) in [5.74, 6) is 1.72. The van der Waals surface area contributed by atoms with Crippen molar-refractivity contribution in [1.29, 1.82) is 0 Å². The molecule has 1 N–H and O–H groups in total. The van der Waals surface area contributed by atoms with Crippen LogP contribution in [0.25, 0.3) is 5.69 Å². The van der Waals surface area contributed by atoms with Crippen LogP contribution in [0.2, 0.25) is 0 Å². The Labute approximate surface area is 136 Å². The smallest absolute Gasteiger partial charge is 0.133 e. The summed E-state index contributed by atoms with van der Waals surface area (Å²) in [6.07, 6.45) is 7.71. The van der Waals surface area contributed by atoms with E-state index in [0.29, 0.717) is 0 Å². The van der Waals surface area contributed by atoms with Gasteiger partial charge in [0.2, 0.25) is 0 Å². The minimum absolute atomic E-state index is 0.724. The van der Waals surface area contributed by atoms with Crippen LogP contribution < -0.4 is 5.32 Å². The van der Waals surface area contributed by atoms with Crippen LogP contribution in [0.3, 0.4) is 0 Å². The zero-order valence-corrected chi connectivity index (χ0v) is 13.5. The van der Waals surface area contributed by atoms with Crippen molar-refractivity contribution in [2.24, 2.45) is 0 Å². The zero-order valence-electron chi connectivity index (χ0n) is 13.5. The summed E-state index contributed by atoms with van der Waals surface area (Å²) in [5.41, 5.74) is 3.42. The van der Waals surface area contributed by atoms with E-state index < -0.39 is 0 Å². The van der Waals surface area contributed by atoms with Crippen molar-refractivity contribution in [1.82, 2.24) is 19.7 Å². The largest absolute Gasteiger partial charge is 0.366 e. The molecule has 5 nitrogen and oxygen atoms in total. The number of aryl methyl sites for hydroxylation is 2. The lowest BCUT2D eigenvalue weighted by Gasteiger charge is -2.12. The van der Waals surface area contributed by atoms with Crippen molar-refractivity contribution in [3.63, 3.8) is 0 Å². The predicted octanol–water partition coefficient (Wildman–Crippen LogP) is 3.54. The third kappa shape index (κ3) is 3.74. The van der Waals surface area contributed by atoms with Gasteiger partial charge < -0.3 is 5.32 Å². The second-order valence-corrected chi connectivity index (χ2v) is 5.52. The number of aromatic nitrogens is 4. The number of hydrogen-bond donors (Lipinski definition) is 1. The molecule has 0 saturated heterocycles. The highest BCUT2D eigenvalue weighted by Gasteiger charge is 2.05. The molecule has 0 aliphatic heterocycles. The number of benzene rings is 1. The average molecular weight is 307 g/mol. The summed E-state index contributed by atoms with van der Waals surface area (Å²) >= 11 is 0. The standard InChI is InChI=1S/C18H21N5/c1-3-6-16-13-19-14(2)22-18(16)20-12-15-7-4-8-17(11-15)23-10-5-9-21-23/h4-5,7-11,13H,3,6,12H2,1-2H3,(H,19,20,22). The van der Waals surface area contributed by atoms with Crippen molar-refractivity contribution in [2.45, 2.75) is 33.2 Å². The maximum absolute atomic E-state index is 4.54. The molecule has 0 atom stereocenters. The third-order valence-corrected chi connectivity index (χ3v) is 3.64. The Balaban J connectivity index is 1.76. The molecule has 3 rings (SSSR count). The lowest BCUT2D eigenvalue weighted by Crippen LogP contribution is -2.07. The third-order valence-electron chi connectivity index (χ3n) is 3.64. The second-order valence-electron chi connectivity index (χ2n) is 5.52. The first-order valence-electron chi connectivity index (χ1n) is 7.91. The van der Waals surface area contributed by atoms with Crippen LogP contribution >= 0.6 is 0 Å². The van der Waals surface area contributed by atoms with E-state index in [2.05, 4.69) is 39.4 Å². The van der Waals surface area contributed by atoms with Gasteiger partial charge in [0.05, 0.1) is 5.69 Å². The lowest BCUT2D eigenvalue weighted by molar-refractivity contribution is 0.874. The molecule has 2 aromatic heterocycles. The fraction of sp³-hybridized carbons (Fsp3) is 0.278. The Morgan fingerprint density at radius 2 is 2.13 bits per heavy atom. The van der Waals surface area contributed by atoms with Crippen molar-refractivity contribution in [3.8, 4) is 5.69 Å². The Morgan fingerprint density at radius 3 is 2.91 bits per heavy atom. The van der Waals surface area contributed by atoms with E-state index >= 15 is 0 Å². The summed E-state index contributed by atoms with van der Waals surface area (Å²) in [5, 5.41) is 7.72. The number of nitrogens with zero attached hydrogens (tertiary/aromatic N) is 4. The van der Waals surface area contributed by atoms with E-state index in [9.17, 15) is 0 Å². The molecule has 5 heteroatoms. The molecule has 0 aliphatic carbocycles. The molecule has 0 saturated carbocycles. The van der Waals surface area contributed by atoms with Gasteiger partial charge in [0.1, 0.15) is 11.6 Å². The maximum atomic E-state index is 4.54. The Kier molecular flexibility index (Phi) is 4.66. The van der Waals surface area contributed by atoms with Gasteiger partial charge in [0.15, 0.2) is 0 Å². The summed E-state index contributed by atoms with van der Waals surface area (Å²) in [4.78, 5) is 8.84. The Morgan fingerprint density at radius 1 is 1.22 bits per heavy atom. The normalized spacial score (nSPS) is 10.7. The van der Waals surface area contributed by atoms with E-state index in [-0.39, 0.29) is 0 Å². The van der Waals surface area contributed by atoms with E-state index in [1.54, 1.807) is 6.20 Å². The van der Waals surface area contributed by atoms with Crippen LogP contribution in [-0.4, -0.2) is 19.7 Å². The highest BCUT2D eigenvalue weighted by atomic mass is 15.3. The lowest BCUT2D eigenvalue weighted by atomic mass is 10.1. The molecule has 0 unspecified atom stereocenters. The molecular weight excluding hydrogens is 286 g/mol. The van der Waals surface area contributed by atoms with Gasteiger partial charge in [0.25, 0.3) is 0 Å². The quantitative estimate of drug-likeness (QED) is 0.757. The highest BCUT2D eigenvalue weighted by Crippen LogP contribution is 2.16. The predicted molar refractivity (Wildman–Crippen MR) is 91.7 cm³/mol. The first-order chi connectivity index (χ1) is 11.3. The molecule has 1 aromatic carbocycles. The topological polar surface area (TPSA) is 55.6 Å². The molecule has 0 bridgehead atoms. The average Bonchev–Trinajstić information content (AvgIpc) is 3.10. The minimum atomic E-state index is 0.724. The second kappa shape index (κ2) is 7.05. The van der Waals surface area contributed by atoms with Crippen molar-refractivity contribution in [2.75, 3.05) is 5.32 Å². The van der Waals surface area contributed by atoms with E-state index in [1.807, 2.05) is 42.2 Å². The monoisotopic (exact) mass is 307 g/mol. The van der Waals surface area contributed by atoms with E-state index in [0.717, 1.165) is 36.7 Å². The summed E-state index contributed by atoms with van der Waals surface area (Å²) in [6, 6.07) is 10.3. The van der Waals surface area contributed by atoms with Crippen LogP contribution in [0.4, 0.5) is 5.82 Å². The molecule has 0 spiro atoms. The zero-order chi connectivity index (χ0) is 16.1.